The number of methoxy groups -OCH3 is 3. The van der Waals surface area contributed by atoms with Gasteiger partial charge in [0, 0.05) is 13.1 Å². The molecule has 1 heterocycles. The van der Waals surface area contributed by atoms with E-state index in [2.05, 4.69) is 0 Å². The molecule has 29 heavy (non-hydrogen) atoms. The maximum Gasteiger partial charge on any atom is 0.314 e. The van der Waals surface area contributed by atoms with Crippen molar-refractivity contribution in [2.24, 2.45) is 0 Å². The van der Waals surface area contributed by atoms with Crippen LogP contribution in [0.2, 0.25) is 0 Å². The summed E-state index contributed by atoms with van der Waals surface area (Å²) in [5.41, 5.74) is 0.135. The topological polar surface area (TPSA) is 85.3 Å². The van der Waals surface area contributed by atoms with Crippen LogP contribution >= 0.6 is 0 Å². The maximum atomic E-state index is 13.2. The number of aliphatic carboxylic acids is 1. The van der Waals surface area contributed by atoms with Gasteiger partial charge in [-0.15, -0.1) is 0 Å². The van der Waals surface area contributed by atoms with Crippen molar-refractivity contribution in [1.82, 2.24) is 4.90 Å². The predicted molar refractivity (Wildman–Crippen MR) is 107 cm³/mol. The third-order valence-corrected chi connectivity index (χ3v) is 5.57. The van der Waals surface area contributed by atoms with Crippen LogP contribution < -0.4 is 14.2 Å². The van der Waals surface area contributed by atoms with Crippen LogP contribution in [0, 0.1) is 0 Å². The van der Waals surface area contributed by atoms with Crippen molar-refractivity contribution >= 4 is 11.9 Å². The molecule has 2 aromatic rings. The number of piperidine rings is 1. The fourth-order valence-corrected chi connectivity index (χ4v) is 3.91. The quantitative estimate of drug-likeness (QED) is 0.804. The van der Waals surface area contributed by atoms with E-state index in [-0.39, 0.29) is 5.91 Å². The lowest BCUT2D eigenvalue weighted by molar-refractivity contribution is -0.145. The van der Waals surface area contributed by atoms with Crippen LogP contribution in [-0.4, -0.2) is 56.3 Å². The second-order valence-electron chi connectivity index (χ2n) is 6.93. The van der Waals surface area contributed by atoms with Crippen molar-refractivity contribution in [1.29, 1.82) is 0 Å². The Hall–Kier alpha value is -3.22. The first kappa shape index (κ1) is 20.5. The Kier molecular flexibility index (Phi) is 5.96. The van der Waals surface area contributed by atoms with Gasteiger partial charge in [0.15, 0.2) is 11.5 Å². The molecule has 2 aromatic carbocycles. The summed E-state index contributed by atoms with van der Waals surface area (Å²) in [6.45, 7) is 0.662. The van der Waals surface area contributed by atoms with Crippen molar-refractivity contribution < 1.29 is 28.9 Å². The summed E-state index contributed by atoms with van der Waals surface area (Å²) < 4.78 is 16.1. The number of carbonyl (C=O) groups excluding carboxylic acids is 1. The van der Waals surface area contributed by atoms with Crippen molar-refractivity contribution in [2.45, 2.75) is 18.3 Å². The molecular formula is C22H25NO6. The van der Waals surface area contributed by atoms with Crippen LogP contribution in [0.1, 0.15) is 28.8 Å². The number of likely N-dealkylation sites (tertiary alicyclic amines) is 1. The minimum absolute atomic E-state index is 0.227. The summed E-state index contributed by atoms with van der Waals surface area (Å²) in [5.74, 6) is 0.0277. The van der Waals surface area contributed by atoms with E-state index in [9.17, 15) is 14.7 Å². The number of carbonyl (C=O) groups is 2. The highest BCUT2D eigenvalue weighted by atomic mass is 16.5. The summed E-state index contributed by atoms with van der Waals surface area (Å²) >= 11 is 0. The van der Waals surface area contributed by atoms with Gasteiger partial charge in [0.1, 0.15) is 0 Å². The third kappa shape index (κ3) is 3.60. The van der Waals surface area contributed by atoms with Crippen LogP contribution in [0.5, 0.6) is 17.2 Å². The normalized spacial score (nSPS) is 15.5. The number of amides is 1. The molecular weight excluding hydrogens is 374 g/mol. The van der Waals surface area contributed by atoms with E-state index in [4.69, 9.17) is 14.2 Å². The number of carboxylic acids is 1. The number of carboxylic acid groups (broad SMARTS) is 1. The highest BCUT2D eigenvalue weighted by Gasteiger charge is 2.44. The number of benzene rings is 2. The van der Waals surface area contributed by atoms with Crippen LogP contribution in [0.3, 0.4) is 0 Å². The fraction of sp³-hybridized carbons (Fsp3) is 0.364. The molecule has 1 aliphatic heterocycles. The molecule has 0 aliphatic carbocycles. The summed E-state index contributed by atoms with van der Waals surface area (Å²) in [5, 5.41) is 9.94. The highest BCUT2D eigenvalue weighted by molar-refractivity contribution is 5.98. The average Bonchev–Trinajstić information content (AvgIpc) is 2.77. The molecule has 154 valence electrons. The van der Waals surface area contributed by atoms with E-state index in [0.717, 1.165) is 5.56 Å². The van der Waals surface area contributed by atoms with Gasteiger partial charge in [-0.3, -0.25) is 9.59 Å². The van der Waals surface area contributed by atoms with Crippen molar-refractivity contribution in [2.75, 3.05) is 34.4 Å². The minimum Gasteiger partial charge on any atom is -0.493 e. The molecule has 1 aliphatic rings. The SMILES string of the molecule is COc1ccc(C(=O)N2CCC(C(=O)O)(c3ccccc3)CC2)c(OC)c1OC. The lowest BCUT2D eigenvalue weighted by Gasteiger charge is -2.39. The molecule has 7 heteroatoms. The Labute approximate surface area is 169 Å². The molecule has 1 N–H and O–H groups in total. The van der Waals surface area contributed by atoms with E-state index in [0.29, 0.717) is 48.7 Å². The zero-order chi connectivity index (χ0) is 21.0. The van der Waals surface area contributed by atoms with Gasteiger partial charge >= 0.3 is 5.97 Å². The molecule has 3 rings (SSSR count). The van der Waals surface area contributed by atoms with Gasteiger partial charge in [-0.2, -0.15) is 0 Å². The molecule has 0 bridgehead atoms. The fourth-order valence-electron chi connectivity index (χ4n) is 3.91. The Morgan fingerprint density at radius 1 is 0.897 bits per heavy atom. The highest BCUT2D eigenvalue weighted by Crippen LogP contribution is 2.41. The summed E-state index contributed by atoms with van der Waals surface area (Å²) in [6, 6.07) is 12.5. The van der Waals surface area contributed by atoms with Crippen molar-refractivity contribution in [3.8, 4) is 17.2 Å². The molecule has 0 spiro atoms. The average molecular weight is 399 g/mol. The van der Waals surface area contributed by atoms with Crippen molar-refractivity contribution in [3.05, 3.63) is 53.6 Å². The Morgan fingerprint density at radius 2 is 1.52 bits per heavy atom. The molecule has 0 saturated carbocycles. The molecule has 1 fully saturated rings. The first-order valence-electron chi connectivity index (χ1n) is 9.35. The Balaban J connectivity index is 1.86. The zero-order valence-corrected chi connectivity index (χ0v) is 16.8. The van der Waals surface area contributed by atoms with Gasteiger partial charge in [-0.1, -0.05) is 30.3 Å². The van der Waals surface area contributed by atoms with Crippen molar-refractivity contribution in [3.63, 3.8) is 0 Å². The molecule has 1 amide bonds. The summed E-state index contributed by atoms with van der Waals surface area (Å²) in [4.78, 5) is 27.0. The second-order valence-corrected chi connectivity index (χ2v) is 6.93. The van der Waals surface area contributed by atoms with Crippen LogP contribution in [-0.2, 0) is 10.2 Å². The summed E-state index contributed by atoms with van der Waals surface area (Å²) in [6.07, 6.45) is 0.682. The Bertz CT molecular complexity index is 888. The first-order chi connectivity index (χ1) is 14.0. The third-order valence-electron chi connectivity index (χ3n) is 5.57. The molecule has 0 unspecified atom stereocenters. The number of hydrogen-bond donors (Lipinski definition) is 1. The van der Waals surface area contributed by atoms with E-state index in [1.165, 1.54) is 21.3 Å². The standard InChI is InChI=1S/C22H25NO6/c1-27-17-10-9-16(18(28-2)19(17)29-3)20(24)23-13-11-22(12-14-23,21(25)26)15-7-5-4-6-8-15/h4-10H,11-14H2,1-3H3,(H,25,26). The van der Waals surface area contributed by atoms with Crippen LogP contribution in [0.4, 0.5) is 0 Å². The second kappa shape index (κ2) is 8.43. The molecule has 7 nitrogen and oxygen atoms in total. The molecule has 1 saturated heterocycles. The first-order valence-corrected chi connectivity index (χ1v) is 9.35. The maximum absolute atomic E-state index is 13.2. The summed E-state index contributed by atoms with van der Waals surface area (Å²) in [7, 11) is 4.46. The van der Waals surface area contributed by atoms with Gasteiger partial charge in [-0.25, -0.2) is 0 Å². The number of ether oxygens (including phenoxy) is 3. The van der Waals surface area contributed by atoms with E-state index in [1.807, 2.05) is 30.3 Å². The minimum atomic E-state index is -0.986. The molecule has 0 radical (unpaired) electrons. The van der Waals surface area contributed by atoms with E-state index < -0.39 is 11.4 Å². The van der Waals surface area contributed by atoms with Gasteiger partial charge in [-0.05, 0) is 30.5 Å². The van der Waals surface area contributed by atoms with Crippen LogP contribution in [0.25, 0.3) is 0 Å². The van der Waals surface area contributed by atoms with E-state index in [1.54, 1.807) is 17.0 Å². The predicted octanol–water partition coefficient (Wildman–Crippen LogP) is 2.97. The van der Waals surface area contributed by atoms with Crippen LogP contribution in [0.15, 0.2) is 42.5 Å². The van der Waals surface area contributed by atoms with Gasteiger partial charge in [0.2, 0.25) is 5.75 Å². The lowest BCUT2D eigenvalue weighted by atomic mass is 9.72. The number of hydrogen-bond acceptors (Lipinski definition) is 5. The van der Waals surface area contributed by atoms with Gasteiger partial charge < -0.3 is 24.2 Å². The number of nitrogens with zero attached hydrogens (tertiary/aromatic N) is 1. The van der Waals surface area contributed by atoms with E-state index >= 15 is 0 Å². The number of rotatable bonds is 6. The molecule has 0 atom stereocenters. The largest absolute Gasteiger partial charge is 0.493 e. The van der Waals surface area contributed by atoms with Gasteiger partial charge in [0.05, 0.1) is 32.3 Å². The smallest absolute Gasteiger partial charge is 0.314 e. The molecule has 0 aromatic heterocycles. The zero-order valence-electron chi connectivity index (χ0n) is 16.8. The lowest BCUT2D eigenvalue weighted by Crippen LogP contribution is -2.49. The van der Waals surface area contributed by atoms with Gasteiger partial charge in [0.25, 0.3) is 5.91 Å². The monoisotopic (exact) mass is 399 g/mol. The Morgan fingerprint density at radius 3 is 2.03 bits per heavy atom.